The molecule has 0 aliphatic rings. The van der Waals surface area contributed by atoms with Crippen LogP contribution in [0.15, 0.2) is 22.9 Å². The van der Waals surface area contributed by atoms with Gasteiger partial charge in [0.25, 0.3) is 0 Å². The summed E-state index contributed by atoms with van der Waals surface area (Å²) in [5, 5.41) is 3.75. The van der Waals surface area contributed by atoms with Gasteiger partial charge in [0.1, 0.15) is 5.69 Å². The van der Waals surface area contributed by atoms with E-state index in [9.17, 15) is 4.79 Å². The lowest BCUT2D eigenvalue weighted by molar-refractivity contribution is 0.101. The fraction of sp³-hybridized carbons (Fsp3) is 0.200. The molecule has 0 aromatic carbocycles. The Kier molecular flexibility index (Phi) is 2.29. The summed E-state index contributed by atoms with van der Waals surface area (Å²) in [6.45, 7) is 3.15. The van der Waals surface area contributed by atoms with E-state index in [-0.39, 0.29) is 5.78 Å². The Morgan fingerprint density at radius 1 is 1.47 bits per heavy atom. The smallest absolute Gasteiger partial charge is 0.223 e. The quantitative estimate of drug-likeness (QED) is 0.694. The second-order valence-electron chi connectivity index (χ2n) is 3.09. The Balaban J connectivity index is 2.57. The second-order valence-corrected chi connectivity index (χ2v) is 3.09. The number of Topliss-reactive ketones (excluding diaryl/α,β-unsaturated/α-hetero) is 1. The maximum absolute atomic E-state index is 11.3. The number of hydrogen-bond acceptors (Lipinski definition) is 5. The molecule has 5 heteroatoms. The number of nitrogens with zero attached hydrogens (tertiary/aromatic N) is 3. The van der Waals surface area contributed by atoms with Crippen LogP contribution in [0.3, 0.4) is 0 Å². The standard InChI is InChI=1S/C10H9N3O2/c1-6(14)9-8(4-3-5-11-9)10-12-7(2)15-13-10/h3-5H,1-2H3. The van der Waals surface area contributed by atoms with Gasteiger partial charge in [-0.3, -0.25) is 9.78 Å². The average Bonchev–Trinajstić information content (AvgIpc) is 2.65. The maximum Gasteiger partial charge on any atom is 0.223 e. The Bertz CT molecular complexity index is 505. The first-order valence-corrected chi connectivity index (χ1v) is 4.45. The summed E-state index contributed by atoms with van der Waals surface area (Å²) in [6, 6.07) is 3.47. The van der Waals surface area contributed by atoms with E-state index >= 15 is 0 Å². The molecule has 0 saturated heterocycles. The number of rotatable bonds is 2. The van der Waals surface area contributed by atoms with Crippen molar-refractivity contribution in [2.75, 3.05) is 0 Å². The first-order chi connectivity index (χ1) is 7.18. The summed E-state index contributed by atoms with van der Waals surface area (Å²) in [5.41, 5.74) is 0.958. The monoisotopic (exact) mass is 203 g/mol. The number of aryl methyl sites for hydroxylation is 1. The number of aromatic nitrogens is 3. The molecule has 0 aliphatic heterocycles. The van der Waals surface area contributed by atoms with E-state index < -0.39 is 0 Å². The molecule has 2 rings (SSSR count). The van der Waals surface area contributed by atoms with Crippen LogP contribution in [0.2, 0.25) is 0 Å². The van der Waals surface area contributed by atoms with E-state index in [4.69, 9.17) is 4.52 Å². The molecule has 2 heterocycles. The number of hydrogen-bond donors (Lipinski definition) is 0. The summed E-state index contributed by atoms with van der Waals surface area (Å²) in [4.78, 5) is 19.3. The minimum atomic E-state index is -0.118. The van der Waals surface area contributed by atoms with Crippen LogP contribution in [-0.2, 0) is 0 Å². The van der Waals surface area contributed by atoms with Crippen LogP contribution in [0.4, 0.5) is 0 Å². The molecule has 76 valence electrons. The Morgan fingerprint density at radius 2 is 2.27 bits per heavy atom. The molecule has 0 atom stereocenters. The van der Waals surface area contributed by atoms with Crippen LogP contribution in [0, 0.1) is 6.92 Å². The molecular formula is C10H9N3O2. The van der Waals surface area contributed by atoms with E-state index in [2.05, 4.69) is 15.1 Å². The lowest BCUT2D eigenvalue weighted by Gasteiger charge is -1.99. The van der Waals surface area contributed by atoms with Crippen LogP contribution >= 0.6 is 0 Å². The van der Waals surface area contributed by atoms with Gasteiger partial charge >= 0.3 is 0 Å². The first kappa shape index (κ1) is 9.51. The largest absolute Gasteiger partial charge is 0.339 e. The van der Waals surface area contributed by atoms with Gasteiger partial charge in [-0.05, 0) is 12.1 Å². The van der Waals surface area contributed by atoms with Crippen molar-refractivity contribution in [3.8, 4) is 11.4 Å². The molecule has 2 aromatic heterocycles. The summed E-state index contributed by atoms with van der Waals surface area (Å²) in [7, 11) is 0. The van der Waals surface area contributed by atoms with E-state index in [0.29, 0.717) is 23.0 Å². The van der Waals surface area contributed by atoms with Crippen molar-refractivity contribution >= 4 is 5.78 Å². The molecule has 5 nitrogen and oxygen atoms in total. The van der Waals surface area contributed by atoms with Crippen molar-refractivity contribution in [2.24, 2.45) is 0 Å². The molecular weight excluding hydrogens is 194 g/mol. The maximum atomic E-state index is 11.3. The molecule has 0 spiro atoms. The van der Waals surface area contributed by atoms with Crippen LogP contribution < -0.4 is 0 Å². The summed E-state index contributed by atoms with van der Waals surface area (Å²) in [6.07, 6.45) is 1.56. The van der Waals surface area contributed by atoms with Crippen molar-refractivity contribution in [1.29, 1.82) is 0 Å². The summed E-state index contributed by atoms with van der Waals surface area (Å²) < 4.78 is 4.85. The molecule has 0 aliphatic carbocycles. The third-order valence-corrected chi connectivity index (χ3v) is 1.91. The highest BCUT2D eigenvalue weighted by atomic mass is 16.5. The highest BCUT2D eigenvalue weighted by Gasteiger charge is 2.14. The molecule has 0 bridgehead atoms. The predicted molar refractivity (Wildman–Crippen MR) is 52.3 cm³/mol. The van der Waals surface area contributed by atoms with Crippen LogP contribution in [0.25, 0.3) is 11.4 Å². The number of ketones is 1. The average molecular weight is 203 g/mol. The van der Waals surface area contributed by atoms with Gasteiger partial charge in [0.2, 0.25) is 11.7 Å². The minimum absolute atomic E-state index is 0.118. The zero-order valence-electron chi connectivity index (χ0n) is 8.39. The van der Waals surface area contributed by atoms with E-state index in [1.165, 1.54) is 6.92 Å². The first-order valence-electron chi connectivity index (χ1n) is 4.45. The minimum Gasteiger partial charge on any atom is -0.339 e. The number of carbonyl (C=O) groups excluding carboxylic acids is 1. The molecule has 0 fully saturated rings. The lowest BCUT2D eigenvalue weighted by atomic mass is 10.1. The highest BCUT2D eigenvalue weighted by Crippen LogP contribution is 2.18. The molecule has 0 amide bonds. The van der Waals surface area contributed by atoms with Gasteiger partial charge in [-0.1, -0.05) is 5.16 Å². The third-order valence-electron chi connectivity index (χ3n) is 1.91. The van der Waals surface area contributed by atoms with Crippen molar-refractivity contribution in [2.45, 2.75) is 13.8 Å². The van der Waals surface area contributed by atoms with Gasteiger partial charge in [-0.25, -0.2) is 0 Å². The normalized spacial score (nSPS) is 10.3. The van der Waals surface area contributed by atoms with Crippen LogP contribution in [-0.4, -0.2) is 20.9 Å². The Morgan fingerprint density at radius 3 is 2.87 bits per heavy atom. The van der Waals surface area contributed by atoms with Gasteiger partial charge in [0.05, 0.1) is 5.56 Å². The van der Waals surface area contributed by atoms with Crippen molar-refractivity contribution < 1.29 is 9.32 Å². The van der Waals surface area contributed by atoms with Gasteiger partial charge in [0, 0.05) is 20.0 Å². The second kappa shape index (κ2) is 3.61. The van der Waals surface area contributed by atoms with E-state index in [1.54, 1.807) is 25.3 Å². The summed E-state index contributed by atoms with van der Waals surface area (Å²) >= 11 is 0. The van der Waals surface area contributed by atoms with E-state index in [0.717, 1.165) is 0 Å². The Labute approximate surface area is 86.1 Å². The molecule has 0 unspecified atom stereocenters. The zero-order valence-corrected chi connectivity index (χ0v) is 8.39. The SMILES string of the molecule is CC(=O)c1ncccc1-c1noc(C)n1. The Hall–Kier alpha value is -2.04. The highest BCUT2D eigenvalue weighted by molar-refractivity contribution is 5.97. The predicted octanol–water partition coefficient (Wildman–Crippen LogP) is 1.64. The van der Waals surface area contributed by atoms with Crippen molar-refractivity contribution in [1.82, 2.24) is 15.1 Å². The van der Waals surface area contributed by atoms with Crippen molar-refractivity contribution in [3.63, 3.8) is 0 Å². The fourth-order valence-electron chi connectivity index (χ4n) is 1.27. The van der Waals surface area contributed by atoms with Gasteiger partial charge in [0.15, 0.2) is 5.78 Å². The lowest BCUT2D eigenvalue weighted by Crippen LogP contribution is -2.00. The zero-order chi connectivity index (χ0) is 10.8. The van der Waals surface area contributed by atoms with E-state index in [1.807, 2.05) is 0 Å². The number of carbonyl (C=O) groups is 1. The molecule has 2 aromatic rings. The molecule has 0 N–H and O–H groups in total. The van der Waals surface area contributed by atoms with Gasteiger partial charge in [-0.15, -0.1) is 0 Å². The third kappa shape index (κ3) is 1.76. The van der Waals surface area contributed by atoms with Gasteiger partial charge < -0.3 is 4.52 Å². The van der Waals surface area contributed by atoms with Gasteiger partial charge in [-0.2, -0.15) is 4.98 Å². The molecule has 15 heavy (non-hydrogen) atoms. The molecule has 0 radical (unpaired) electrons. The number of pyridine rings is 1. The molecule has 0 saturated carbocycles. The fourth-order valence-corrected chi connectivity index (χ4v) is 1.27. The topological polar surface area (TPSA) is 68.9 Å². The van der Waals surface area contributed by atoms with Crippen LogP contribution in [0.5, 0.6) is 0 Å². The van der Waals surface area contributed by atoms with Crippen molar-refractivity contribution in [3.05, 3.63) is 29.9 Å². The summed E-state index contributed by atoms with van der Waals surface area (Å²) in [5.74, 6) is 0.738. The van der Waals surface area contributed by atoms with Crippen LogP contribution in [0.1, 0.15) is 23.3 Å².